The lowest BCUT2D eigenvalue weighted by Gasteiger charge is -2.21. The van der Waals surface area contributed by atoms with Crippen LogP contribution in [0.4, 0.5) is 0 Å². The summed E-state index contributed by atoms with van der Waals surface area (Å²) in [6, 6.07) is 6.18. The van der Waals surface area contributed by atoms with E-state index in [1.165, 1.54) is 7.11 Å². The fourth-order valence-electron chi connectivity index (χ4n) is 3.52. The predicted molar refractivity (Wildman–Crippen MR) is 107 cm³/mol. The Bertz CT molecular complexity index is 1070. The zero-order valence-corrected chi connectivity index (χ0v) is 17.7. The molecular formula is C19H24N2O5S2. The van der Waals surface area contributed by atoms with Crippen LogP contribution in [0.2, 0.25) is 0 Å². The summed E-state index contributed by atoms with van der Waals surface area (Å²) in [7, 11) is -5.79. The highest BCUT2D eigenvalue weighted by Crippen LogP contribution is 2.31. The van der Waals surface area contributed by atoms with E-state index in [4.69, 9.17) is 4.74 Å². The van der Waals surface area contributed by atoms with Gasteiger partial charge in [0.15, 0.2) is 19.7 Å². The number of hydrogen-bond acceptors (Lipinski definition) is 7. The molecule has 2 aromatic rings. The minimum Gasteiger partial charge on any atom is -0.496 e. The molecule has 0 amide bonds. The van der Waals surface area contributed by atoms with Gasteiger partial charge in [-0.25, -0.2) is 16.8 Å². The lowest BCUT2D eigenvalue weighted by molar-refractivity contribution is 0.411. The molecule has 28 heavy (non-hydrogen) atoms. The number of aromatic nitrogens is 1. The SMILES string of the molecule is COc1cc(C)c(S(=O)(=O)[C@H]2CS(=O)(=O)C[C@@H]2NCc2cccnc2)cc1C. The Morgan fingerprint density at radius 2 is 1.96 bits per heavy atom. The van der Waals surface area contributed by atoms with Crippen LogP contribution < -0.4 is 10.1 Å². The van der Waals surface area contributed by atoms with Crippen molar-refractivity contribution in [2.24, 2.45) is 0 Å². The molecule has 0 spiro atoms. The average Bonchev–Trinajstić information content (AvgIpc) is 2.97. The van der Waals surface area contributed by atoms with Crippen molar-refractivity contribution >= 4 is 19.7 Å². The molecule has 2 heterocycles. The van der Waals surface area contributed by atoms with Crippen LogP contribution in [0.25, 0.3) is 0 Å². The van der Waals surface area contributed by atoms with E-state index in [0.29, 0.717) is 23.4 Å². The van der Waals surface area contributed by atoms with Crippen LogP contribution in [0.1, 0.15) is 16.7 Å². The van der Waals surface area contributed by atoms with Crippen molar-refractivity contribution in [1.29, 1.82) is 0 Å². The highest BCUT2D eigenvalue weighted by molar-refractivity contribution is 7.96. The van der Waals surface area contributed by atoms with Gasteiger partial charge in [-0.05, 0) is 48.7 Å². The standard InChI is InChI=1S/C19H24N2O5S2/c1-13-8-18(14(2)7-17(13)26-3)28(24,25)19-12-27(22,23)11-16(19)21-10-15-5-4-6-20-9-15/h4-9,16,19,21H,10-12H2,1-3H3/t16-,19-/m0/s1. The van der Waals surface area contributed by atoms with Crippen molar-refractivity contribution in [1.82, 2.24) is 10.3 Å². The van der Waals surface area contributed by atoms with Crippen LogP contribution in [-0.4, -0.2) is 51.7 Å². The fourth-order valence-corrected chi connectivity index (χ4v) is 8.54. The van der Waals surface area contributed by atoms with Crippen LogP contribution in [0, 0.1) is 13.8 Å². The van der Waals surface area contributed by atoms with E-state index in [1.54, 1.807) is 44.4 Å². The predicted octanol–water partition coefficient (Wildman–Crippen LogP) is 1.44. The van der Waals surface area contributed by atoms with Crippen LogP contribution >= 0.6 is 0 Å². The van der Waals surface area contributed by atoms with Crippen molar-refractivity contribution < 1.29 is 21.6 Å². The first-order chi connectivity index (χ1) is 13.1. The molecule has 0 bridgehead atoms. The quantitative estimate of drug-likeness (QED) is 0.748. The Kier molecular flexibility index (Phi) is 5.79. The third kappa shape index (κ3) is 4.21. The summed E-state index contributed by atoms with van der Waals surface area (Å²) in [5.74, 6) is 0.0114. The number of pyridine rings is 1. The van der Waals surface area contributed by atoms with E-state index in [-0.39, 0.29) is 16.4 Å². The number of methoxy groups -OCH3 is 1. The van der Waals surface area contributed by atoms with Gasteiger partial charge >= 0.3 is 0 Å². The van der Waals surface area contributed by atoms with Gasteiger partial charge in [0, 0.05) is 25.0 Å². The number of rotatable bonds is 6. The molecule has 0 saturated carbocycles. The van der Waals surface area contributed by atoms with E-state index >= 15 is 0 Å². The molecule has 0 radical (unpaired) electrons. The molecule has 0 aliphatic carbocycles. The summed E-state index contributed by atoms with van der Waals surface area (Å²) in [6.45, 7) is 3.80. The molecule has 152 valence electrons. The summed E-state index contributed by atoms with van der Waals surface area (Å²) in [5.41, 5.74) is 2.09. The number of aryl methyl sites for hydroxylation is 2. The third-order valence-corrected chi connectivity index (χ3v) is 9.28. The minimum atomic E-state index is -3.85. The number of ether oxygens (including phenoxy) is 1. The molecule has 1 aliphatic rings. The molecule has 1 N–H and O–H groups in total. The molecule has 1 aromatic heterocycles. The first-order valence-electron chi connectivity index (χ1n) is 8.86. The van der Waals surface area contributed by atoms with E-state index in [1.807, 2.05) is 6.07 Å². The second kappa shape index (κ2) is 7.81. The molecular weight excluding hydrogens is 400 g/mol. The summed E-state index contributed by atoms with van der Waals surface area (Å²) in [6.07, 6.45) is 3.31. The van der Waals surface area contributed by atoms with Gasteiger partial charge in [-0.2, -0.15) is 0 Å². The smallest absolute Gasteiger partial charge is 0.184 e. The van der Waals surface area contributed by atoms with Crippen LogP contribution in [0.15, 0.2) is 41.6 Å². The van der Waals surface area contributed by atoms with Gasteiger partial charge in [0.2, 0.25) is 0 Å². The van der Waals surface area contributed by atoms with Gasteiger partial charge < -0.3 is 10.1 Å². The van der Waals surface area contributed by atoms with Gasteiger partial charge in [0.1, 0.15) is 5.75 Å². The van der Waals surface area contributed by atoms with Gasteiger partial charge in [0.25, 0.3) is 0 Å². The lowest BCUT2D eigenvalue weighted by Crippen LogP contribution is -2.43. The summed E-state index contributed by atoms with van der Waals surface area (Å²) in [4.78, 5) is 4.18. The van der Waals surface area contributed by atoms with E-state index in [9.17, 15) is 16.8 Å². The maximum absolute atomic E-state index is 13.4. The second-order valence-corrected chi connectivity index (χ2v) is 11.4. The van der Waals surface area contributed by atoms with E-state index in [2.05, 4.69) is 10.3 Å². The van der Waals surface area contributed by atoms with Gasteiger partial charge in [-0.3, -0.25) is 4.98 Å². The molecule has 3 rings (SSSR count). The summed E-state index contributed by atoms with van der Waals surface area (Å²) < 4.78 is 56.5. The Morgan fingerprint density at radius 3 is 2.61 bits per heavy atom. The van der Waals surface area contributed by atoms with Crippen molar-refractivity contribution in [3.05, 3.63) is 53.3 Å². The van der Waals surface area contributed by atoms with E-state index in [0.717, 1.165) is 5.56 Å². The fraction of sp³-hybridized carbons (Fsp3) is 0.421. The van der Waals surface area contributed by atoms with Gasteiger partial charge in [-0.1, -0.05) is 6.07 Å². The van der Waals surface area contributed by atoms with E-state index < -0.39 is 31.0 Å². The zero-order valence-electron chi connectivity index (χ0n) is 16.0. The van der Waals surface area contributed by atoms with Crippen LogP contribution in [0.3, 0.4) is 0 Å². The van der Waals surface area contributed by atoms with Gasteiger partial charge in [-0.15, -0.1) is 0 Å². The Balaban J connectivity index is 1.93. The Hall–Kier alpha value is -1.97. The maximum atomic E-state index is 13.4. The first kappa shape index (κ1) is 20.8. The van der Waals surface area contributed by atoms with Gasteiger partial charge in [0.05, 0.1) is 28.8 Å². The Labute approximate surface area is 166 Å². The van der Waals surface area contributed by atoms with Crippen LogP contribution in [0.5, 0.6) is 5.75 Å². The monoisotopic (exact) mass is 424 g/mol. The molecule has 7 nitrogen and oxygen atoms in total. The number of sulfone groups is 2. The summed E-state index contributed by atoms with van der Waals surface area (Å²) in [5, 5.41) is 2.07. The molecule has 9 heteroatoms. The second-order valence-electron chi connectivity index (χ2n) is 7.10. The molecule has 1 aromatic carbocycles. The number of benzene rings is 1. The zero-order chi connectivity index (χ0) is 20.5. The minimum absolute atomic E-state index is 0.154. The lowest BCUT2D eigenvalue weighted by atomic mass is 10.1. The normalized spacial score (nSPS) is 21.5. The Morgan fingerprint density at radius 1 is 1.21 bits per heavy atom. The number of nitrogens with one attached hydrogen (secondary N) is 1. The van der Waals surface area contributed by atoms with Crippen molar-refractivity contribution in [3.8, 4) is 5.75 Å². The molecule has 1 fully saturated rings. The molecule has 0 unspecified atom stereocenters. The molecule has 1 saturated heterocycles. The topological polar surface area (TPSA) is 102 Å². The number of nitrogens with zero attached hydrogens (tertiary/aromatic N) is 1. The third-order valence-electron chi connectivity index (χ3n) is 4.99. The summed E-state index contributed by atoms with van der Waals surface area (Å²) >= 11 is 0. The highest BCUT2D eigenvalue weighted by Gasteiger charge is 2.46. The molecule has 1 aliphatic heterocycles. The van der Waals surface area contributed by atoms with Crippen molar-refractivity contribution in [2.75, 3.05) is 18.6 Å². The average molecular weight is 425 g/mol. The number of hydrogen-bond donors (Lipinski definition) is 1. The largest absolute Gasteiger partial charge is 0.496 e. The van der Waals surface area contributed by atoms with Crippen LogP contribution in [-0.2, 0) is 26.2 Å². The highest BCUT2D eigenvalue weighted by atomic mass is 32.2. The molecule has 2 atom stereocenters. The van der Waals surface area contributed by atoms with Crippen molar-refractivity contribution in [2.45, 2.75) is 36.6 Å². The maximum Gasteiger partial charge on any atom is 0.184 e. The van der Waals surface area contributed by atoms with Crippen molar-refractivity contribution in [3.63, 3.8) is 0 Å². The first-order valence-corrected chi connectivity index (χ1v) is 12.2.